The molecule has 2 aromatic rings. The van der Waals surface area contributed by atoms with Crippen LogP contribution >= 0.6 is 11.6 Å². The quantitative estimate of drug-likeness (QED) is 0.575. The summed E-state index contributed by atoms with van der Waals surface area (Å²) in [7, 11) is 1.60. The summed E-state index contributed by atoms with van der Waals surface area (Å²) in [6.45, 7) is 1.94. The number of halogens is 1. The lowest BCUT2D eigenvalue weighted by atomic mass is 10.1. The number of aryl methyl sites for hydroxylation is 1. The Morgan fingerprint density at radius 1 is 1.15 bits per heavy atom. The van der Waals surface area contributed by atoms with E-state index in [1.807, 2.05) is 25.1 Å². The summed E-state index contributed by atoms with van der Waals surface area (Å²) in [6.07, 6.45) is 1.60. The van der Waals surface area contributed by atoms with Crippen molar-refractivity contribution in [2.45, 2.75) is 19.8 Å². The van der Waals surface area contributed by atoms with Gasteiger partial charge in [-0.1, -0.05) is 29.8 Å². The largest absolute Gasteiger partial charge is 0.496 e. The minimum atomic E-state index is -0.346. The van der Waals surface area contributed by atoms with Crippen LogP contribution in [0.25, 0.3) is 0 Å². The van der Waals surface area contributed by atoms with E-state index in [9.17, 15) is 9.59 Å². The molecular weight excluding hydrogens is 354 g/mol. The lowest BCUT2D eigenvalue weighted by Crippen LogP contribution is -2.20. The fraction of sp³-hybridized carbons (Fsp3) is 0.211. The molecule has 0 aliphatic heterocycles. The van der Waals surface area contributed by atoms with Crippen LogP contribution in [0.2, 0.25) is 5.02 Å². The number of anilines is 1. The van der Waals surface area contributed by atoms with E-state index in [0.29, 0.717) is 10.7 Å². The van der Waals surface area contributed by atoms with E-state index in [1.54, 1.807) is 31.4 Å². The fourth-order valence-electron chi connectivity index (χ4n) is 2.17. The summed E-state index contributed by atoms with van der Waals surface area (Å²) in [5, 5.41) is 7.10. The maximum absolute atomic E-state index is 11.8. The SMILES string of the molecule is COc1cc(C=NNC(=O)CCC(=O)Nc2cccc(Cl)c2)ccc1C. The standard InChI is InChI=1S/C19H20ClN3O3/c1-13-6-7-14(10-17(13)26-2)12-21-23-19(25)9-8-18(24)22-16-5-3-4-15(20)11-16/h3-7,10-12H,8-9H2,1-2H3,(H,22,24)(H,23,25). The number of nitrogens with one attached hydrogen (secondary N) is 2. The number of ether oxygens (including phenoxy) is 1. The molecule has 2 N–H and O–H groups in total. The molecule has 0 aliphatic rings. The monoisotopic (exact) mass is 373 g/mol. The van der Waals surface area contributed by atoms with Crippen LogP contribution < -0.4 is 15.5 Å². The van der Waals surface area contributed by atoms with Crippen molar-refractivity contribution >= 4 is 35.3 Å². The van der Waals surface area contributed by atoms with E-state index in [4.69, 9.17) is 16.3 Å². The van der Waals surface area contributed by atoms with Gasteiger partial charge in [-0.05, 0) is 42.3 Å². The van der Waals surface area contributed by atoms with Crippen LogP contribution in [0.15, 0.2) is 47.6 Å². The van der Waals surface area contributed by atoms with E-state index in [-0.39, 0.29) is 24.7 Å². The first kappa shape index (κ1) is 19.5. The molecule has 2 rings (SSSR count). The minimum Gasteiger partial charge on any atom is -0.496 e. The Bertz CT molecular complexity index is 821. The number of carbonyl (C=O) groups excluding carboxylic acids is 2. The first-order chi connectivity index (χ1) is 12.5. The van der Waals surface area contributed by atoms with Gasteiger partial charge < -0.3 is 10.1 Å². The summed E-state index contributed by atoms with van der Waals surface area (Å²) in [4.78, 5) is 23.6. The smallest absolute Gasteiger partial charge is 0.240 e. The summed E-state index contributed by atoms with van der Waals surface area (Å²) in [5.41, 5.74) is 4.80. The van der Waals surface area contributed by atoms with Crippen molar-refractivity contribution in [1.82, 2.24) is 5.43 Å². The minimum absolute atomic E-state index is 0.0287. The number of methoxy groups -OCH3 is 1. The van der Waals surface area contributed by atoms with Gasteiger partial charge in [0, 0.05) is 23.6 Å². The van der Waals surface area contributed by atoms with Crippen LogP contribution in [0, 0.1) is 6.92 Å². The summed E-state index contributed by atoms with van der Waals surface area (Å²) in [6, 6.07) is 12.4. The van der Waals surface area contributed by atoms with Gasteiger partial charge in [0.1, 0.15) is 5.75 Å². The topological polar surface area (TPSA) is 79.8 Å². The molecule has 0 aromatic heterocycles. The summed E-state index contributed by atoms with van der Waals surface area (Å²) >= 11 is 5.85. The average Bonchev–Trinajstić information content (AvgIpc) is 2.61. The number of hydrazone groups is 1. The second-order valence-corrected chi connectivity index (χ2v) is 6.02. The van der Waals surface area contributed by atoms with Gasteiger partial charge >= 0.3 is 0 Å². The zero-order chi connectivity index (χ0) is 18.9. The van der Waals surface area contributed by atoms with Crippen molar-refractivity contribution in [3.05, 3.63) is 58.6 Å². The molecule has 2 aromatic carbocycles. The summed E-state index contributed by atoms with van der Waals surface area (Å²) < 4.78 is 5.23. The third-order valence-electron chi connectivity index (χ3n) is 3.52. The molecule has 7 heteroatoms. The van der Waals surface area contributed by atoms with Crippen molar-refractivity contribution in [3.63, 3.8) is 0 Å². The molecule has 26 heavy (non-hydrogen) atoms. The van der Waals surface area contributed by atoms with Gasteiger partial charge in [-0.15, -0.1) is 0 Å². The highest BCUT2D eigenvalue weighted by Crippen LogP contribution is 2.18. The molecule has 0 aliphatic carbocycles. The zero-order valence-electron chi connectivity index (χ0n) is 14.6. The van der Waals surface area contributed by atoms with Crippen molar-refractivity contribution < 1.29 is 14.3 Å². The van der Waals surface area contributed by atoms with E-state index in [2.05, 4.69) is 15.8 Å². The second kappa shape index (κ2) is 9.58. The molecule has 0 bridgehead atoms. The Kier molecular flexibility index (Phi) is 7.17. The van der Waals surface area contributed by atoms with Crippen molar-refractivity contribution in [1.29, 1.82) is 0 Å². The molecule has 0 spiro atoms. The van der Waals surface area contributed by atoms with Gasteiger partial charge in [0.05, 0.1) is 13.3 Å². The Morgan fingerprint density at radius 2 is 1.92 bits per heavy atom. The van der Waals surface area contributed by atoms with Gasteiger partial charge in [0.15, 0.2) is 0 Å². The maximum Gasteiger partial charge on any atom is 0.240 e. The lowest BCUT2D eigenvalue weighted by Gasteiger charge is -2.05. The van der Waals surface area contributed by atoms with E-state index in [1.165, 1.54) is 6.21 Å². The molecule has 0 fully saturated rings. The first-order valence-corrected chi connectivity index (χ1v) is 8.37. The zero-order valence-corrected chi connectivity index (χ0v) is 15.3. The number of carbonyl (C=O) groups is 2. The van der Waals surface area contributed by atoms with Crippen LogP contribution in [0.1, 0.15) is 24.0 Å². The third-order valence-corrected chi connectivity index (χ3v) is 3.76. The highest BCUT2D eigenvalue weighted by molar-refractivity contribution is 6.30. The molecular formula is C19H20ClN3O3. The van der Waals surface area contributed by atoms with Crippen LogP contribution in [-0.4, -0.2) is 25.1 Å². The number of hydrogen-bond acceptors (Lipinski definition) is 4. The highest BCUT2D eigenvalue weighted by atomic mass is 35.5. The molecule has 0 saturated carbocycles. The molecule has 136 valence electrons. The van der Waals surface area contributed by atoms with Gasteiger partial charge in [-0.2, -0.15) is 5.10 Å². The second-order valence-electron chi connectivity index (χ2n) is 5.58. The molecule has 0 unspecified atom stereocenters. The Morgan fingerprint density at radius 3 is 2.65 bits per heavy atom. The van der Waals surface area contributed by atoms with Crippen LogP contribution in [-0.2, 0) is 9.59 Å². The van der Waals surface area contributed by atoms with Crippen molar-refractivity contribution in [3.8, 4) is 5.75 Å². The Labute approximate surface area is 157 Å². The molecule has 0 heterocycles. The number of nitrogens with zero attached hydrogens (tertiary/aromatic N) is 1. The number of hydrogen-bond donors (Lipinski definition) is 2. The maximum atomic E-state index is 11.8. The molecule has 0 atom stereocenters. The van der Waals surface area contributed by atoms with Crippen molar-refractivity contribution in [2.24, 2.45) is 5.10 Å². The third kappa shape index (κ3) is 6.22. The van der Waals surface area contributed by atoms with E-state index in [0.717, 1.165) is 16.9 Å². The Balaban J connectivity index is 1.77. The number of rotatable bonds is 7. The highest BCUT2D eigenvalue weighted by Gasteiger charge is 2.07. The molecule has 0 radical (unpaired) electrons. The Hall–Kier alpha value is -2.86. The average molecular weight is 374 g/mol. The molecule has 0 saturated heterocycles. The van der Waals surface area contributed by atoms with Crippen LogP contribution in [0.5, 0.6) is 5.75 Å². The molecule has 2 amide bonds. The van der Waals surface area contributed by atoms with Gasteiger partial charge in [0.25, 0.3) is 0 Å². The van der Waals surface area contributed by atoms with Crippen LogP contribution in [0.3, 0.4) is 0 Å². The normalized spacial score (nSPS) is 10.6. The lowest BCUT2D eigenvalue weighted by molar-refractivity contribution is -0.124. The van der Waals surface area contributed by atoms with E-state index >= 15 is 0 Å². The number of benzene rings is 2. The van der Waals surface area contributed by atoms with E-state index < -0.39 is 0 Å². The van der Waals surface area contributed by atoms with Gasteiger partial charge in [-0.25, -0.2) is 5.43 Å². The van der Waals surface area contributed by atoms with Crippen molar-refractivity contribution in [2.75, 3.05) is 12.4 Å². The number of amides is 2. The molecule has 6 nitrogen and oxygen atoms in total. The first-order valence-electron chi connectivity index (χ1n) is 8.00. The van der Waals surface area contributed by atoms with Crippen LogP contribution in [0.4, 0.5) is 5.69 Å². The summed E-state index contributed by atoms with van der Waals surface area (Å²) in [5.74, 6) is 0.134. The fourth-order valence-corrected chi connectivity index (χ4v) is 2.36. The predicted molar refractivity (Wildman–Crippen MR) is 103 cm³/mol. The predicted octanol–water partition coefficient (Wildman–Crippen LogP) is 3.53. The van der Waals surface area contributed by atoms with Gasteiger partial charge in [0.2, 0.25) is 11.8 Å². The van der Waals surface area contributed by atoms with Gasteiger partial charge in [-0.3, -0.25) is 9.59 Å².